The van der Waals surface area contributed by atoms with E-state index in [1.165, 1.54) is 12.1 Å². The fraction of sp³-hybridized carbons (Fsp3) is 0.462. The van der Waals surface area contributed by atoms with Crippen molar-refractivity contribution in [3.8, 4) is 0 Å². The van der Waals surface area contributed by atoms with E-state index < -0.39 is 17.6 Å². The van der Waals surface area contributed by atoms with Gasteiger partial charge in [-0.1, -0.05) is 6.07 Å². The molecule has 19 heavy (non-hydrogen) atoms. The number of carboxylic acid groups (broad SMARTS) is 1. The molecule has 4 nitrogen and oxygen atoms in total. The van der Waals surface area contributed by atoms with Crippen LogP contribution in [0.3, 0.4) is 0 Å². The molecule has 1 aliphatic rings. The summed E-state index contributed by atoms with van der Waals surface area (Å²) >= 11 is 0. The molecule has 6 heteroatoms. The first kappa shape index (κ1) is 13.9. The number of nitrogens with zero attached hydrogens (tertiary/aromatic N) is 1. The standard InChI is InChI=1S/C13H15F2NO3/c14-10-2-1-9(12(15)5-10)7-16-3-4-19-8-11(16)6-13(17)18/h1-2,5,11H,3-4,6-8H2,(H,17,18). The molecule has 1 saturated heterocycles. The molecule has 0 amide bonds. The summed E-state index contributed by atoms with van der Waals surface area (Å²) in [5.41, 5.74) is 0.360. The lowest BCUT2D eigenvalue weighted by molar-refractivity contribution is -0.140. The molecule has 0 radical (unpaired) electrons. The monoisotopic (exact) mass is 271 g/mol. The zero-order valence-electron chi connectivity index (χ0n) is 10.3. The number of carbonyl (C=O) groups is 1. The molecule has 1 heterocycles. The fourth-order valence-electron chi connectivity index (χ4n) is 2.16. The number of hydrogen-bond acceptors (Lipinski definition) is 3. The summed E-state index contributed by atoms with van der Waals surface area (Å²) in [6.45, 7) is 1.59. The molecule has 1 aromatic rings. The highest BCUT2D eigenvalue weighted by molar-refractivity contribution is 5.67. The van der Waals surface area contributed by atoms with Gasteiger partial charge in [0.05, 0.1) is 19.6 Å². The molecular weight excluding hydrogens is 256 g/mol. The lowest BCUT2D eigenvalue weighted by Gasteiger charge is -2.34. The number of morpholine rings is 1. The number of rotatable bonds is 4. The SMILES string of the molecule is O=C(O)CC1COCCN1Cc1ccc(F)cc1F. The second kappa shape index (κ2) is 6.08. The van der Waals surface area contributed by atoms with Crippen LogP contribution in [0, 0.1) is 11.6 Å². The largest absolute Gasteiger partial charge is 0.481 e. The van der Waals surface area contributed by atoms with Gasteiger partial charge in [0, 0.05) is 30.8 Å². The molecule has 2 rings (SSSR count). The fourth-order valence-corrected chi connectivity index (χ4v) is 2.16. The van der Waals surface area contributed by atoms with Crippen LogP contribution >= 0.6 is 0 Å². The predicted octanol–water partition coefficient (Wildman–Crippen LogP) is 1.64. The summed E-state index contributed by atoms with van der Waals surface area (Å²) in [5.74, 6) is -2.15. The van der Waals surface area contributed by atoms with Gasteiger partial charge < -0.3 is 9.84 Å². The molecule has 0 aromatic heterocycles. The van der Waals surface area contributed by atoms with Crippen LogP contribution in [0.25, 0.3) is 0 Å². The molecule has 0 spiro atoms. The van der Waals surface area contributed by atoms with E-state index in [1.807, 2.05) is 4.90 Å². The highest BCUT2D eigenvalue weighted by atomic mass is 19.1. The highest BCUT2D eigenvalue weighted by Gasteiger charge is 2.25. The van der Waals surface area contributed by atoms with E-state index in [4.69, 9.17) is 9.84 Å². The number of hydrogen-bond donors (Lipinski definition) is 1. The van der Waals surface area contributed by atoms with Crippen LogP contribution in [0.1, 0.15) is 12.0 Å². The minimum absolute atomic E-state index is 0.0528. The van der Waals surface area contributed by atoms with E-state index in [9.17, 15) is 13.6 Å². The van der Waals surface area contributed by atoms with Gasteiger partial charge >= 0.3 is 5.97 Å². The van der Waals surface area contributed by atoms with Crippen molar-refractivity contribution in [1.82, 2.24) is 4.90 Å². The van der Waals surface area contributed by atoms with Crippen LogP contribution in [-0.2, 0) is 16.1 Å². The van der Waals surface area contributed by atoms with E-state index in [1.54, 1.807) is 0 Å². The van der Waals surface area contributed by atoms with E-state index in [0.717, 1.165) is 6.07 Å². The molecule has 1 fully saturated rings. The molecule has 0 saturated carbocycles. The predicted molar refractivity (Wildman–Crippen MR) is 63.6 cm³/mol. The van der Waals surface area contributed by atoms with Gasteiger partial charge in [-0.15, -0.1) is 0 Å². The maximum Gasteiger partial charge on any atom is 0.305 e. The summed E-state index contributed by atoms with van der Waals surface area (Å²) in [7, 11) is 0. The van der Waals surface area contributed by atoms with E-state index in [0.29, 0.717) is 25.3 Å². The molecular formula is C13H15F2NO3. The Bertz CT molecular complexity index is 467. The minimum atomic E-state index is -0.917. The summed E-state index contributed by atoms with van der Waals surface area (Å²) in [6.07, 6.45) is -0.0528. The number of carboxylic acids is 1. The Kier molecular flexibility index (Phi) is 4.44. The van der Waals surface area contributed by atoms with Crippen LogP contribution in [0.5, 0.6) is 0 Å². The molecule has 0 aliphatic carbocycles. The van der Waals surface area contributed by atoms with Crippen molar-refractivity contribution < 1.29 is 23.4 Å². The van der Waals surface area contributed by atoms with Gasteiger partial charge in [0.15, 0.2) is 0 Å². The van der Waals surface area contributed by atoms with Crippen molar-refractivity contribution in [3.05, 3.63) is 35.4 Å². The number of halogens is 2. The zero-order chi connectivity index (χ0) is 13.8. The third-order valence-corrected chi connectivity index (χ3v) is 3.15. The van der Waals surface area contributed by atoms with E-state index >= 15 is 0 Å². The molecule has 1 aliphatic heterocycles. The van der Waals surface area contributed by atoms with Gasteiger partial charge in [0.1, 0.15) is 11.6 Å². The maximum atomic E-state index is 13.6. The average molecular weight is 271 g/mol. The third-order valence-electron chi connectivity index (χ3n) is 3.15. The average Bonchev–Trinajstić information content (AvgIpc) is 2.34. The van der Waals surface area contributed by atoms with Gasteiger partial charge in [-0.05, 0) is 6.07 Å². The van der Waals surface area contributed by atoms with E-state index in [-0.39, 0.29) is 19.0 Å². The normalized spacial score (nSPS) is 20.4. The van der Waals surface area contributed by atoms with Crippen molar-refractivity contribution in [3.63, 3.8) is 0 Å². The molecule has 1 N–H and O–H groups in total. The molecule has 1 aromatic carbocycles. The second-order valence-corrected chi connectivity index (χ2v) is 4.53. The Morgan fingerprint density at radius 3 is 2.95 bits per heavy atom. The first-order valence-electron chi connectivity index (χ1n) is 6.04. The summed E-state index contributed by atoms with van der Waals surface area (Å²) < 4.78 is 31.6. The highest BCUT2D eigenvalue weighted by Crippen LogP contribution is 2.17. The first-order chi connectivity index (χ1) is 9.06. The Hall–Kier alpha value is -1.53. The summed E-state index contributed by atoms with van der Waals surface area (Å²) in [4.78, 5) is 12.6. The third kappa shape index (κ3) is 3.71. The lowest BCUT2D eigenvalue weighted by Crippen LogP contribution is -2.46. The quantitative estimate of drug-likeness (QED) is 0.904. The van der Waals surface area contributed by atoms with E-state index in [2.05, 4.69) is 0 Å². The van der Waals surface area contributed by atoms with Gasteiger partial charge in [0.2, 0.25) is 0 Å². The first-order valence-corrected chi connectivity index (χ1v) is 6.04. The molecule has 1 atom stereocenters. The number of aliphatic carboxylic acids is 1. The number of ether oxygens (including phenoxy) is 1. The van der Waals surface area contributed by atoms with Gasteiger partial charge in [0.25, 0.3) is 0 Å². The Balaban J connectivity index is 2.08. The van der Waals surface area contributed by atoms with Crippen molar-refractivity contribution in [2.45, 2.75) is 19.0 Å². The van der Waals surface area contributed by atoms with Crippen LogP contribution in [0.4, 0.5) is 8.78 Å². The Labute approximate surface area is 109 Å². The van der Waals surface area contributed by atoms with Crippen molar-refractivity contribution in [2.24, 2.45) is 0 Å². The molecule has 104 valence electrons. The van der Waals surface area contributed by atoms with Gasteiger partial charge in [-0.2, -0.15) is 0 Å². The topological polar surface area (TPSA) is 49.8 Å². The van der Waals surface area contributed by atoms with Crippen molar-refractivity contribution in [2.75, 3.05) is 19.8 Å². The molecule has 0 bridgehead atoms. The van der Waals surface area contributed by atoms with Crippen LogP contribution in [0.15, 0.2) is 18.2 Å². The Morgan fingerprint density at radius 2 is 2.26 bits per heavy atom. The smallest absolute Gasteiger partial charge is 0.305 e. The molecule has 1 unspecified atom stereocenters. The summed E-state index contributed by atoms with van der Waals surface area (Å²) in [6, 6.07) is 3.14. The van der Waals surface area contributed by atoms with Crippen molar-refractivity contribution in [1.29, 1.82) is 0 Å². The number of benzene rings is 1. The summed E-state index contributed by atoms with van der Waals surface area (Å²) in [5, 5.41) is 8.83. The van der Waals surface area contributed by atoms with Crippen LogP contribution < -0.4 is 0 Å². The Morgan fingerprint density at radius 1 is 1.47 bits per heavy atom. The lowest BCUT2D eigenvalue weighted by atomic mass is 10.1. The minimum Gasteiger partial charge on any atom is -0.481 e. The second-order valence-electron chi connectivity index (χ2n) is 4.53. The zero-order valence-corrected chi connectivity index (χ0v) is 10.3. The van der Waals surface area contributed by atoms with Gasteiger partial charge in [-0.3, -0.25) is 9.69 Å². The van der Waals surface area contributed by atoms with Crippen LogP contribution in [0.2, 0.25) is 0 Å². The van der Waals surface area contributed by atoms with Crippen molar-refractivity contribution >= 4 is 5.97 Å². The maximum absolute atomic E-state index is 13.6. The van der Waals surface area contributed by atoms with Crippen LogP contribution in [-0.4, -0.2) is 41.8 Å². The van der Waals surface area contributed by atoms with Gasteiger partial charge in [-0.25, -0.2) is 8.78 Å².